The Morgan fingerprint density at radius 2 is 2.12 bits per heavy atom. The molecule has 0 aromatic heterocycles. The van der Waals surface area contributed by atoms with Crippen molar-refractivity contribution < 1.29 is 19.2 Å². The van der Waals surface area contributed by atoms with Crippen molar-refractivity contribution in [1.29, 1.82) is 0 Å². The van der Waals surface area contributed by atoms with Crippen molar-refractivity contribution in [1.82, 2.24) is 0 Å². The first-order valence-electron chi connectivity index (χ1n) is 4.55. The van der Waals surface area contributed by atoms with Crippen LogP contribution in [-0.4, -0.2) is 25.1 Å². The van der Waals surface area contributed by atoms with Gasteiger partial charge < -0.3 is 9.47 Å². The Bertz CT molecular complexity index is 460. The van der Waals surface area contributed by atoms with Gasteiger partial charge in [-0.3, -0.25) is 10.1 Å². The third kappa shape index (κ3) is 2.55. The quantitative estimate of drug-likeness (QED) is 0.369. The number of esters is 1. The summed E-state index contributed by atoms with van der Waals surface area (Å²) in [5.74, 6) is -0.363. The van der Waals surface area contributed by atoms with Gasteiger partial charge in [-0.1, -0.05) is 15.9 Å². The molecule has 0 saturated heterocycles. The molecule has 0 radical (unpaired) electrons. The van der Waals surface area contributed by atoms with Gasteiger partial charge in [0.25, 0.3) is 5.69 Å². The molecule has 0 aliphatic carbocycles. The number of carbonyl (C=O) groups is 1. The average molecular weight is 304 g/mol. The van der Waals surface area contributed by atoms with Crippen molar-refractivity contribution in [3.8, 4) is 5.75 Å². The Balaban J connectivity index is 3.55. The number of rotatable bonds is 4. The van der Waals surface area contributed by atoms with Gasteiger partial charge in [0.2, 0.25) is 0 Å². The van der Waals surface area contributed by atoms with Gasteiger partial charge in [-0.25, -0.2) is 4.79 Å². The maximum atomic E-state index is 11.6. The highest BCUT2D eigenvalue weighted by Gasteiger charge is 2.27. The molecule has 0 atom stereocenters. The normalized spacial score (nSPS) is 9.82. The predicted octanol–water partition coefficient (Wildman–Crippen LogP) is 2.28. The highest BCUT2D eigenvalue weighted by atomic mass is 79.9. The van der Waals surface area contributed by atoms with E-state index in [4.69, 9.17) is 4.74 Å². The van der Waals surface area contributed by atoms with Crippen LogP contribution in [0.3, 0.4) is 0 Å². The van der Waals surface area contributed by atoms with E-state index in [1.54, 1.807) is 0 Å². The molecule has 0 fully saturated rings. The zero-order valence-electron chi connectivity index (χ0n) is 9.23. The zero-order chi connectivity index (χ0) is 13.0. The average Bonchev–Trinajstić information content (AvgIpc) is 2.35. The van der Waals surface area contributed by atoms with E-state index >= 15 is 0 Å². The smallest absolute Gasteiger partial charge is 0.345 e. The summed E-state index contributed by atoms with van der Waals surface area (Å²) in [7, 11) is 2.60. The Morgan fingerprint density at radius 3 is 2.53 bits per heavy atom. The second-order valence-electron chi connectivity index (χ2n) is 3.02. The summed E-state index contributed by atoms with van der Waals surface area (Å²) in [6, 6.07) is 2.67. The van der Waals surface area contributed by atoms with Gasteiger partial charge >= 0.3 is 5.97 Å². The van der Waals surface area contributed by atoms with Gasteiger partial charge in [0.05, 0.1) is 19.1 Å². The number of ether oxygens (including phenoxy) is 2. The number of nitro groups is 1. The summed E-state index contributed by atoms with van der Waals surface area (Å²) in [6.07, 6.45) is 0. The van der Waals surface area contributed by atoms with Gasteiger partial charge in [-0.15, -0.1) is 0 Å². The molecule has 1 aromatic rings. The molecule has 0 unspecified atom stereocenters. The second-order valence-corrected chi connectivity index (χ2v) is 3.58. The van der Waals surface area contributed by atoms with Crippen molar-refractivity contribution in [2.75, 3.05) is 14.2 Å². The largest absolute Gasteiger partial charge is 0.496 e. The molecule has 0 amide bonds. The van der Waals surface area contributed by atoms with Gasteiger partial charge in [-0.05, 0) is 6.07 Å². The molecule has 92 valence electrons. The molecular weight excluding hydrogens is 294 g/mol. The molecule has 17 heavy (non-hydrogen) atoms. The lowest BCUT2D eigenvalue weighted by molar-refractivity contribution is -0.385. The van der Waals surface area contributed by atoms with Crippen molar-refractivity contribution in [3.05, 3.63) is 33.4 Å². The number of carbonyl (C=O) groups excluding carboxylic acids is 1. The summed E-state index contributed by atoms with van der Waals surface area (Å²) >= 11 is 3.17. The molecule has 6 nitrogen and oxygen atoms in total. The van der Waals surface area contributed by atoms with Crippen LogP contribution in [0.4, 0.5) is 5.69 Å². The molecule has 0 heterocycles. The Hall–Kier alpha value is -1.63. The minimum atomic E-state index is -0.759. The Morgan fingerprint density at radius 1 is 1.47 bits per heavy atom. The van der Waals surface area contributed by atoms with E-state index < -0.39 is 10.9 Å². The second kappa shape index (κ2) is 5.62. The fourth-order valence-electron chi connectivity index (χ4n) is 1.42. The van der Waals surface area contributed by atoms with Crippen LogP contribution in [0.15, 0.2) is 12.1 Å². The first-order chi connectivity index (χ1) is 8.06. The molecule has 0 aliphatic heterocycles. The molecule has 0 aliphatic rings. The molecular formula is C10H10BrNO5. The maximum absolute atomic E-state index is 11.6. The third-order valence-corrected chi connectivity index (χ3v) is 2.75. The Labute approximate surface area is 106 Å². The number of alkyl halides is 1. The maximum Gasteiger partial charge on any atom is 0.345 e. The molecule has 7 heteroatoms. The number of hydrogen-bond donors (Lipinski definition) is 0. The SMILES string of the molecule is COC(=O)c1c([N+](=O)[O-])ccc(OC)c1CBr. The summed E-state index contributed by atoms with van der Waals surface area (Å²) in [5, 5.41) is 11.1. The van der Waals surface area contributed by atoms with E-state index in [2.05, 4.69) is 20.7 Å². The first kappa shape index (κ1) is 13.4. The van der Waals surface area contributed by atoms with E-state index in [0.717, 1.165) is 0 Å². The van der Waals surface area contributed by atoms with E-state index in [1.807, 2.05) is 0 Å². The van der Waals surface area contributed by atoms with Crippen LogP contribution in [0.5, 0.6) is 5.75 Å². The van der Waals surface area contributed by atoms with Crippen LogP contribution >= 0.6 is 15.9 Å². The lowest BCUT2D eigenvalue weighted by Crippen LogP contribution is -2.10. The molecule has 1 aromatic carbocycles. The fraction of sp³-hybridized carbons (Fsp3) is 0.300. The number of benzene rings is 1. The van der Waals surface area contributed by atoms with E-state index in [1.165, 1.54) is 26.4 Å². The molecule has 0 saturated carbocycles. The fourth-order valence-corrected chi connectivity index (χ4v) is 1.98. The van der Waals surface area contributed by atoms with E-state index in [0.29, 0.717) is 11.3 Å². The van der Waals surface area contributed by atoms with Crippen molar-refractivity contribution in [3.63, 3.8) is 0 Å². The van der Waals surface area contributed by atoms with Gasteiger partial charge in [-0.2, -0.15) is 0 Å². The van der Waals surface area contributed by atoms with Crippen LogP contribution < -0.4 is 4.74 Å². The minimum absolute atomic E-state index is 0.0891. The predicted molar refractivity (Wildman–Crippen MR) is 63.6 cm³/mol. The number of nitrogens with zero attached hydrogens (tertiary/aromatic N) is 1. The van der Waals surface area contributed by atoms with Crippen LogP contribution in [-0.2, 0) is 10.1 Å². The lowest BCUT2D eigenvalue weighted by atomic mass is 10.1. The van der Waals surface area contributed by atoms with Gasteiger partial charge in [0.1, 0.15) is 11.3 Å². The Kier molecular flexibility index (Phi) is 4.45. The van der Waals surface area contributed by atoms with Crippen LogP contribution in [0, 0.1) is 10.1 Å². The van der Waals surface area contributed by atoms with Crippen LogP contribution in [0.1, 0.15) is 15.9 Å². The highest BCUT2D eigenvalue weighted by molar-refractivity contribution is 9.08. The van der Waals surface area contributed by atoms with Crippen molar-refractivity contribution >= 4 is 27.6 Å². The lowest BCUT2D eigenvalue weighted by Gasteiger charge is -2.10. The molecule has 0 N–H and O–H groups in total. The topological polar surface area (TPSA) is 78.7 Å². The van der Waals surface area contributed by atoms with Crippen molar-refractivity contribution in [2.24, 2.45) is 0 Å². The number of hydrogen-bond acceptors (Lipinski definition) is 5. The number of halogens is 1. The summed E-state index contributed by atoms with van der Waals surface area (Å²) in [6.45, 7) is 0. The third-order valence-electron chi connectivity index (χ3n) is 2.19. The summed E-state index contributed by atoms with van der Waals surface area (Å²) < 4.78 is 9.60. The van der Waals surface area contributed by atoms with Gasteiger partial charge in [0, 0.05) is 17.0 Å². The summed E-state index contributed by atoms with van der Waals surface area (Å²) in [4.78, 5) is 21.8. The standard InChI is InChI=1S/C10H10BrNO5/c1-16-8-4-3-7(12(14)15)9(6(8)5-11)10(13)17-2/h3-4H,5H2,1-2H3. The van der Waals surface area contributed by atoms with E-state index in [-0.39, 0.29) is 16.6 Å². The summed E-state index contributed by atoms with van der Waals surface area (Å²) in [5.41, 5.74) is 0.00868. The molecule has 0 spiro atoms. The highest BCUT2D eigenvalue weighted by Crippen LogP contribution is 2.32. The molecule has 1 rings (SSSR count). The minimum Gasteiger partial charge on any atom is -0.496 e. The van der Waals surface area contributed by atoms with Crippen LogP contribution in [0.25, 0.3) is 0 Å². The first-order valence-corrected chi connectivity index (χ1v) is 5.67. The zero-order valence-corrected chi connectivity index (χ0v) is 10.8. The monoisotopic (exact) mass is 303 g/mol. The van der Waals surface area contributed by atoms with Crippen LogP contribution in [0.2, 0.25) is 0 Å². The van der Waals surface area contributed by atoms with Gasteiger partial charge in [0.15, 0.2) is 0 Å². The molecule has 0 bridgehead atoms. The number of nitro benzene ring substituents is 1. The van der Waals surface area contributed by atoms with Crippen molar-refractivity contribution in [2.45, 2.75) is 5.33 Å². The number of methoxy groups -OCH3 is 2. The van der Waals surface area contributed by atoms with E-state index in [9.17, 15) is 14.9 Å².